The zero-order valence-corrected chi connectivity index (χ0v) is 25.2. The maximum absolute atomic E-state index is 13.3. The van der Waals surface area contributed by atoms with E-state index in [4.69, 9.17) is 37.9 Å². The Kier molecular flexibility index (Phi) is 9.52. The third-order valence-electron chi connectivity index (χ3n) is 7.25. The molecule has 0 spiro atoms. The van der Waals surface area contributed by atoms with Gasteiger partial charge in [0.2, 0.25) is 0 Å². The van der Waals surface area contributed by atoms with Gasteiger partial charge in [0.25, 0.3) is 11.8 Å². The number of carboxylic acids is 1. The molecular weight excluding hydrogens is 611 g/mol. The number of fused-ring (bicyclic) bond motifs is 2. The molecule has 2 aromatic heterocycles. The summed E-state index contributed by atoms with van der Waals surface area (Å²) in [6, 6.07) is 11.1. The molecule has 0 fully saturated rings. The molecule has 0 radical (unpaired) electrons. The van der Waals surface area contributed by atoms with E-state index in [2.05, 4.69) is 20.8 Å². The van der Waals surface area contributed by atoms with Crippen LogP contribution in [-0.2, 0) is 24.2 Å². The molecule has 1 aliphatic rings. The van der Waals surface area contributed by atoms with Crippen LogP contribution in [0.25, 0.3) is 11.0 Å². The molecule has 0 saturated carbocycles. The molecule has 0 unspecified atom stereocenters. The van der Waals surface area contributed by atoms with Crippen LogP contribution in [0.4, 0.5) is 0 Å². The molecule has 2 aromatic carbocycles. The topological polar surface area (TPSA) is 176 Å². The van der Waals surface area contributed by atoms with Crippen LogP contribution in [0.3, 0.4) is 0 Å². The van der Waals surface area contributed by atoms with Crippen molar-refractivity contribution in [2.24, 2.45) is 10.7 Å². The summed E-state index contributed by atoms with van der Waals surface area (Å²) in [4.78, 5) is 44.3. The standard InChI is InChI=1S/C30H30Cl2N6O6/c1-16-10-19(37-44-16)6-7-25(35-15-33)34-13-22(30(41)42)36-28(39)26-21(31)11-18-14-38(9-8-20(18)27(26)32)29(40)24-12-17-4-2-3-5-23(17)43-24/h2-5,10-12,22H,6-9,13-15,33H2,1H3,(H,34,35)(H,36,39)(H,41,42)/t22-/m0/s1. The Bertz CT molecular complexity index is 1720. The molecule has 5 rings (SSSR count). The SMILES string of the molecule is Cc1cc(CCC(=NCN)NC[C@H](NC(=O)c2c(Cl)cc3c(c2Cl)CCN(C(=O)c2cc4ccccc4o2)C3)C(=O)O)no1. The zero-order chi connectivity index (χ0) is 31.4. The van der Waals surface area contributed by atoms with Crippen LogP contribution in [0.1, 0.15) is 49.9 Å². The molecule has 5 N–H and O–H groups in total. The van der Waals surface area contributed by atoms with E-state index in [1.54, 1.807) is 36.1 Å². The van der Waals surface area contributed by atoms with E-state index >= 15 is 0 Å². The van der Waals surface area contributed by atoms with Crippen LogP contribution in [0.2, 0.25) is 10.0 Å². The van der Waals surface area contributed by atoms with Crippen LogP contribution in [0, 0.1) is 6.92 Å². The first-order chi connectivity index (χ1) is 21.1. The fraction of sp³-hybridized carbons (Fsp3) is 0.300. The van der Waals surface area contributed by atoms with Gasteiger partial charge in [-0.2, -0.15) is 0 Å². The number of carbonyl (C=O) groups excluding carboxylic acids is 2. The second-order valence-corrected chi connectivity index (χ2v) is 11.1. The number of nitrogens with two attached hydrogens (primary N) is 1. The van der Waals surface area contributed by atoms with Crippen LogP contribution in [0.5, 0.6) is 0 Å². The van der Waals surface area contributed by atoms with Crippen LogP contribution in [0.15, 0.2) is 56.4 Å². The largest absolute Gasteiger partial charge is 0.480 e. The highest BCUT2D eigenvalue weighted by molar-refractivity contribution is 6.40. The van der Waals surface area contributed by atoms with Gasteiger partial charge in [-0.25, -0.2) is 4.79 Å². The van der Waals surface area contributed by atoms with E-state index in [1.165, 1.54) is 0 Å². The van der Waals surface area contributed by atoms with E-state index < -0.39 is 17.9 Å². The van der Waals surface area contributed by atoms with Crippen LogP contribution in [-0.4, -0.2) is 64.6 Å². The Hall–Kier alpha value is -4.39. The summed E-state index contributed by atoms with van der Waals surface area (Å²) in [5.41, 5.74) is 8.24. The summed E-state index contributed by atoms with van der Waals surface area (Å²) >= 11 is 13.2. The minimum Gasteiger partial charge on any atom is -0.480 e. The fourth-order valence-electron chi connectivity index (χ4n) is 5.04. The van der Waals surface area contributed by atoms with Crippen molar-refractivity contribution in [1.29, 1.82) is 0 Å². The Morgan fingerprint density at radius 2 is 2.00 bits per heavy atom. The minimum absolute atomic E-state index is 0.00802. The summed E-state index contributed by atoms with van der Waals surface area (Å²) < 4.78 is 10.8. The number of aliphatic carboxylic acids is 1. The Morgan fingerprint density at radius 3 is 2.70 bits per heavy atom. The Labute approximate surface area is 262 Å². The van der Waals surface area contributed by atoms with Gasteiger partial charge >= 0.3 is 5.97 Å². The molecule has 0 saturated heterocycles. The van der Waals surface area contributed by atoms with Gasteiger partial charge in [0.15, 0.2) is 5.76 Å². The maximum Gasteiger partial charge on any atom is 0.328 e. The Morgan fingerprint density at radius 1 is 1.20 bits per heavy atom. The van der Waals surface area contributed by atoms with Crippen LogP contribution >= 0.6 is 23.2 Å². The molecule has 0 bridgehead atoms. The molecule has 14 heteroatoms. The number of amides is 2. The van der Waals surface area contributed by atoms with Crippen molar-refractivity contribution >= 4 is 57.8 Å². The van der Waals surface area contributed by atoms with Gasteiger partial charge in [-0.1, -0.05) is 46.6 Å². The number of carbonyl (C=O) groups is 3. The summed E-state index contributed by atoms with van der Waals surface area (Å²) in [6.45, 7) is 2.16. The van der Waals surface area contributed by atoms with Gasteiger partial charge in [-0.05, 0) is 42.7 Å². The highest BCUT2D eigenvalue weighted by atomic mass is 35.5. The number of para-hydroxylation sites is 1. The number of aromatic nitrogens is 1. The number of carboxylic acid groups (broad SMARTS) is 1. The number of halogens is 2. The van der Waals surface area contributed by atoms with Crippen molar-refractivity contribution < 1.29 is 28.4 Å². The molecule has 1 aliphatic heterocycles. The maximum atomic E-state index is 13.3. The monoisotopic (exact) mass is 640 g/mol. The van der Waals surface area contributed by atoms with Crippen LogP contribution < -0.4 is 16.4 Å². The van der Waals surface area contributed by atoms with Crippen molar-refractivity contribution in [3.05, 3.63) is 86.4 Å². The molecule has 1 atom stereocenters. The highest BCUT2D eigenvalue weighted by Crippen LogP contribution is 2.35. The van der Waals surface area contributed by atoms with Crippen molar-refractivity contribution in [2.45, 2.75) is 38.8 Å². The molecule has 44 heavy (non-hydrogen) atoms. The Balaban J connectivity index is 1.25. The molecule has 3 heterocycles. The first-order valence-electron chi connectivity index (χ1n) is 13.8. The van der Waals surface area contributed by atoms with Gasteiger partial charge in [0, 0.05) is 43.9 Å². The highest BCUT2D eigenvalue weighted by Gasteiger charge is 2.30. The fourth-order valence-corrected chi connectivity index (χ4v) is 5.81. The second kappa shape index (κ2) is 13.5. The number of amidine groups is 1. The average Bonchev–Trinajstić information content (AvgIpc) is 3.62. The first-order valence-corrected chi connectivity index (χ1v) is 14.6. The molecular formula is C30H30Cl2N6O6. The summed E-state index contributed by atoms with van der Waals surface area (Å²) in [5, 5.41) is 20.2. The normalized spacial score (nSPS) is 13.9. The number of nitrogens with zero attached hydrogens (tertiary/aromatic N) is 3. The number of rotatable bonds is 10. The van der Waals surface area contributed by atoms with Gasteiger partial charge in [-0.15, -0.1) is 0 Å². The number of furan rings is 1. The lowest BCUT2D eigenvalue weighted by Crippen LogP contribution is -2.48. The molecule has 12 nitrogen and oxygen atoms in total. The number of hydrogen-bond acceptors (Lipinski definition) is 8. The number of nitrogens with one attached hydrogen (secondary N) is 2. The average molecular weight is 642 g/mol. The lowest BCUT2D eigenvalue weighted by atomic mass is 9.96. The van der Waals surface area contributed by atoms with Gasteiger partial charge in [-0.3, -0.25) is 14.6 Å². The quantitative estimate of drug-likeness (QED) is 0.148. The van der Waals surface area contributed by atoms with E-state index in [1.807, 2.05) is 18.2 Å². The number of aliphatic imine (C=N–C) groups is 1. The third-order valence-corrected chi connectivity index (χ3v) is 7.96. The molecule has 4 aromatic rings. The van der Waals surface area contributed by atoms with Crippen molar-refractivity contribution in [3.63, 3.8) is 0 Å². The third kappa shape index (κ3) is 6.88. The number of benzene rings is 2. The summed E-state index contributed by atoms with van der Waals surface area (Å²) in [5.74, 6) is -0.925. The second-order valence-electron chi connectivity index (χ2n) is 10.3. The van der Waals surface area contributed by atoms with Crippen molar-refractivity contribution in [2.75, 3.05) is 19.8 Å². The molecule has 2 amide bonds. The van der Waals surface area contributed by atoms with E-state index in [9.17, 15) is 19.5 Å². The van der Waals surface area contributed by atoms with Crippen molar-refractivity contribution in [1.82, 2.24) is 20.7 Å². The lowest BCUT2D eigenvalue weighted by molar-refractivity contribution is -0.139. The predicted octanol–water partition coefficient (Wildman–Crippen LogP) is 3.95. The molecule has 230 valence electrons. The number of aryl methyl sites for hydroxylation is 2. The van der Waals surface area contributed by atoms with E-state index in [0.29, 0.717) is 54.1 Å². The van der Waals surface area contributed by atoms with Gasteiger partial charge in [0.05, 0.1) is 33.8 Å². The van der Waals surface area contributed by atoms with E-state index in [0.717, 1.165) is 11.1 Å². The predicted molar refractivity (Wildman–Crippen MR) is 164 cm³/mol. The minimum atomic E-state index is -1.33. The van der Waals surface area contributed by atoms with Crippen molar-refractivity contribution in [3.8, 4) is 0 Å². The molecule has 0 aliphatic carbocycles. The number of hydrogen-bond donors (Lipinski definition) is 4. The summed E-state index contributed by atoms with van der Waals surface area (Å²) in [7, 11) is 0. The lowest BCUT2D eigenvalue weighted by Gasteiger charge is -2.30. The first kappa shape index (κ1) is 31.0. The van der Waals surface area contributed by atoms with Gasteiger partial charge in [0.1, 0.15) is 17.4 Å². The van der Waals surface area contributed by atoms with E-state index in [-0.39, 0.29) is 47.0 Å². The smallest absolute Gasteiger partial charge is 0.328 e. The zero-order valence-electron chi connectivity index (χ0n) is 23.7. The summed E-state index contributed by atoms with van der Waals surface area (Å²) in [6.07, 6.45) is 1.27. The van der Waals surface area contributed by atoms with Gasteiger partial charge < -0.3 is 35.3 Å².